The van der Waals surface area contributed by atoms with Crippen LogP contribution in [0.3, 0.4) is 0 Å². The Bertz CT molecular complexity index is 795. The van der Waals surface area contributed by atoms with Crippen LogP contribution in [0.4, 0.5) is 4.79 Å². The molecule has 2 saturated heterocycles. The van der Waals surface area contributed by atoms with Gasteiger partial charge in [-0.15, -0.1) is 0 Å². The molecule has 2 aliphatic heterocycles. The van der Waals surface area contributed by atoms with E-state index in [2.05, 4.69) is 29.4 Å². The van der Waals surface area contributed by atoms with E-state index in [1.54, 1.807) is 6.92 Å². The van der Waals surface area contributed by atoms with Gasteiger partial charge < -0.3 is 15.4 Å². The molecule has 0 bridgehead atoms. The molecule has 2 unspecified atom stereocenters. The molecule has 2 N–H and O–H groups in total. The van der Waals surface area contributed by atoms with Crippen molar-refractivity contribution in [2.45, 2.75) is 39.3 Å². The Kier molecular flexibility index (Phi) is 6.77. The van der Waals surface area contributed by atoms with E-state index in [1.807, 2.05) is 31.2 Å². The highest BCUT2D eigenvalue weighted by atomic mass is 16.5. The molecule has 1 aromatic carbocycles. The maximum absolute atomic E-state index is 12.9. The predicted octanol–water partition coefficient (Wildman–Crippen LogP) is 1.24. The van der Waals surface area contributed by atoms with Gasteiger partial charge in [-0.1, -0.05) is 43.7 Å². The standard InChI is InChI=1S/C22H32N4O4/c1-15(2)12-25-9-10-30-18(13-25)11-23-19(27)14-26-20(28)22(4,24-21(26)29)17-7-5-16(3)6-8-17/h5-8,15,18H,9-14H2,1-4H3,(H,23,27)(H,24,29). The minimum atomic E-state index is -1.17. The molecule has 2 fully saturated rings. The van der Waals surface area contributed by atoms with Crippen LogP contribution in [0.25, 0.3) is 0 Å². The van der Waals surface area contributed by atoms with Crippen LogP contribution < -0.4 is 10.6 Å². The van der Waals surface area contributed by atoms with Gasteiger partial charge in [0.1, 0.15) is 12.1 Å². The fourth-order valence-electron chi connectivity index (χ4n) is 3.94. The smallest absolute Gasteiger partial charge is 0.325 e. The number of benzene rings is 1. The summed E-state index contributed by atoms with van der Waals surface area (Å²) in [4.78, 5) is 41.1. The predicted molar refractivity (Wildman–Crippen MR) is 113 cm³/mol. The number of nitrogens with one attached hydrogen (secondary N) is 2. The molecule has 4 amide bonds. The van der Waals surface area contributed by atoms with E-state index in [1.165, 1.54) is 0 Å². The van der Waals surface area contributed by atoms with Crippen LogP contribution in [0.2, 0.25) is 0 Å². The van der Waals surface area contributed by atoms with Crippen molar-refractivity contribution < 1.29 is 19.1 Å². The van der Waals surface area contributed by atoms with E-state index in [9.17, 15) is 14.4 Å². The number of morpholine rings is 1. The van der Waals surface area contributed by atoms with E-state index in [0.29, 0.717) is 24.6 Å². The molecule has 8 heteroatoms. The van der Waals surface area contributed by atoms with Gasteiger partial charge in [0.15, 0.2) is 0 Å². The van der Waals surface area contributed by atoms with Crippen molar-refractivity contribution >= 4 is 17.8 Å². The average Bonchev–Trinajstić information content (AvgIpc) is 2.90. The summed E-state index contributed by atoms with van der Waals surface area (Å²) in [6.45, 7) is 11.3. The average molecular weight is 417 g/mol. The van der Waals surface area contributed by atoms with Crippen LogP contribution in [0.1, 0.15) is 31.9 Å². The van der Waals surface area contributed by atoms with Crippen molar-refractivity contribution in [2.24, 2.45) is 5.92 Å². The first kappa shape index (κ1) is 22.2. The lowest BCUT2D eigenvalue weighted by atomic mass is 9.91. The summed E-state index contributed by atoms with van der Waals surface area (Å²) in [6, 6.07) is 6.86. The van der Waals surface area contributed by atoms with Crippen LogP contribution in [0, 0.1) is 12.8 Å². The molecule has 0 spiro atoms. The zero-order valence-corrected chi connectivity index (χ0v) is 18.2. The number of rotatable bonds is 7. The fraction of sp³-hybridized carbons (Fsp3) is 0.591. The Morgan fingerprint density at radius 2 is 2.00 bits per heavy atom. The van der Waals surface area contributed by atoms with E-state index in [0.717, 1.165) is 30.1 Å². The van der Waals surface area contributed by atoms with Gasteiger partial charge in [-0.25, -0.2) is 4.79 Å². The van der Waals surface area contributed by atoms with E-state index in [-0.39, 0.29) is 18.6 Å². The Morgan fingerprint density at radius 3 is 2.67 bits per heavy atom. The molecule has 2 aliphatic rings. The Balaban J connectivity index is 1.54. The molecule has 2 heterocycles. The highest BCUT2D eigenvalue weighted by Crippen LogP contribution is 2.28. The van der Waals surface area contributed by atoms with Gasteiger partial charge in [0, 0.05) is 26.2 Å². The third-order valence-electron chi connectivity index (χ3n) is 5.58. The fourth-order valence-corrected chi connectivity index (χ4v) is 3.94. The summed E-state index contributed by atoms with van der Waals surface area (Å²) < 4.78 is 5.74. The number of carbonyl (C=O) groups excluding carboxylic acids is 3. The molecule has 0 aromatic heterocycles. The van der Waals surface area contributed by atoms with E-state index in [4.69, 9.17) is 4.74 Å². The van der Waals surface area contributed by atoms with Crippen molar-refractivity contribution in [3.05, 3.63) is 35.4 Å². The number of imide groups is 1. The lowest BCUT2D eigenvalue weighted by molar-refractivity contribution is -0.135. The van der Waals surface area contributed by atoms with Gasteiger partial charge in [-0.3, -0.25) is 19.4 Å². The molecule has 8 nitrogen and oxygen atoms in total. The number of hydrogen-bond donors (Lipinski definition) is 2. The van der Waals surface area contributed by atoms with Crippen LogP contribution in [0.15, 0.2) is 24.3 Å². The summed E-state index contributed by atoms with van der Waals surface area (Å²) in [5.74, 6) is -0.236. The summed E-state index contributed by atoms with van der Waals surface area (Å²) in [5.41, 5.74) is 0.581. The lowest BCUT2D eigenvalue weighted by Gasteiger charge is -2.34. The second kappa shape index (κ2) is 9.14. The van der Waals surface area contributed by atoms with E-state index < -0.39 is 17.5 Å². The second-order valence-corrected chi connectivity index (χ2v) is 8.76. The number of aryl methyl sites for hydroxylation is 1. The molecule has 30 heavy (non-hydrogen) atoms. The third-order valence-corrected chi connectivity index (χ3v) is 5.58. The molecule has 3 rings (SSSR count). The van der Waals surface area contributed by atoms with Crippen LogP contribution >= 0.6 is 0 Å². The third kappa shape index (κ3) is 4.99. The van der Waals surface area contributed by atoms with Gasteiger partial charge in [-0.2, -0.15) is 0 Å². The summed E-state index contributed by atoms with van der Waals surface area (Å²) in [6.07, 6.45) is -0.0950. The molecular weight excluding hydrogens is 384 g/mol. The Morgan fingerprint density at radius 1 is 1.30 bits per heavy atom. The first-order valence-electron chi connectivity index (χ1n) is 10.5. The van der Waals surface area contributed by atoms with Gasteiger partial charge in [0.05, 0.1) is 12.7 Å². The summed E-state index contributed by atoms with van der Waals surface area (Å²) in [7, 11) is 0. The van der Waals surface area contributed by atoms with Crippen molar-refractivity contribution in [3.8, 4) is 0 Å². The quantitative estimate of drug-likeness (QED) is 0.653. The highest BCUT2D eigenvalue weighted by Gasteiger charge is 2.49. The minimum absolute atomic E-state index is 0.0950. The molecule has 0 radical (unpaired) electrons. The SMILES string of the molecule is Cc1ccc(C2(C)NC(=O)N(CC(=O)NCC3CN(CC(C)C)CCO3)C2=O)cc1. The molecule has 0 aliphatic carbocycles. The maximum Gasteiger partial charge on any atom is 0.325 e. The van der Waals surface area contributed by atoms with Gasteiger partial charge in [0.2, 0.25) is 5.91 Å². The summed E-state index contributed by atoms with van der Waals surface area (Å²) >= 11 is 0. The van der Waals surface area contributed by atoms with Crippen molar-refractivity contribution in [2.75, 3.05) is 39.3 Å². The summed E-state index contributed by atoms with van der Waals surface area (Å²) in [5, 5.41) is 5.53. The first-order valence-corrected chi connectivity index (χ1v) is 10.5. The molecule has 164 valence electrons. The molecule has 0 saturated carbocycles. The van der Waals surface area contributed by atoms with Crippen molar-refractivity contribution in [3.63, 3.8) is 0 Å². The second-order valence-electron chi connectivity index (χ2n) is 8.76. The van der Waals surface area contributed by atoms with Crippen LogP contribution in [-0.4, -0.2) is 73.1 Å². The number of amides is 4. The van der Waals surface area contributed by atoms with Crippen molar-refractivity contribution in [1.82, 2.24) is 20.4 Å². The Labute approximate surface area is 177 Å². The molecule has 2 atom stereocenters. The maximum atomic E-state index is 12.9. The number of nitrogens with zero attached hydrogens (tertiary/aromatic N) is 2. The normalized spacial score (nSPS) is 25.0. The number of hydrogen-bond acceptors (Lipinski definition) is 5. The van der Waals surface area contributed by atoms with Crippen LogP contribution in [-0.2, 0) is 19.9 Å². The van der Waals surface area contributed by atoms with Crippen LogP contribution in [0.5, 0.6) is 0 Å². The Hall–Kier alpha value is -2.45. The zero-order chi connectivity index (χ0) is 21.9. The van der Waals surface area contributed by atoms with Gasteiger partial charge in [-0.05, 0) is 25.3 Å². The highest BCUT2D eigenvalue weighted by molar-refractivity contribution is 6.09. The van der Waals surface area contributed by atoms with Crippen molar-refractivity contribution in [1.29, 1.82) is 0 Å². The molecular formula is C22H32N4O4. The number of ether oxygens (including phenoxy) is 1. The topological polar surface area (TPSA) is 91.0 Å². The largest absolute Gasteiger partial charge is 0.374 e. The van der Waals surface area contributed by atoms with E-state index >= 15 is 0 Å². The minimum Gasteiger partial charge on any atom is -0.374 e. The zero-order valence-electron chi connectivity index (χ0n) is 18.2. The lowest BCUT2D eigenvalue weighted by Crippen LogP contribution is -2.50. The van der Waals surface area contributed by atoms with Gasteiger partial charge in [0.25, 0.3) is 5.91 Å². The number of carbonyl (C=O) groups is 3. The van der Waals surface area contributed by atoms with Gasteiger partial charge >= 0.3 is 6.03 Å². The molecule has 1 aromatic rings. The monoisotopic (exact) mass is 416 g/mol. The first-order chi connectivity index (χ1) is 14.2. The number of urea groups is 1.